The second kappa shape index (κ2) is 7.76. The molecule has 0 atom stereocenters. The van der Waals surface area contributed by atoms with Crippen LogP contribution in [0, 0.1) is 0 Å². The van der Waals surface area contributed by atoms with Crippen LogP contribution in [-0.2, 0) is 0 Å². The van der Waals surface area contributed by atoms with Crippen LogP contribution in [0.1, 0.15) is 11.5 Å². The molecule has 0 saturated heterocycles. The third-order valence-electron chi connectivity index (χ3n) is 4.35. The Bertz CT molecular complexity index is 1170. The lowest BCUT2D eigenvalue weighted by Crippen LogP contribution is -2.37. The fourth-order valence-corrected chi connectivity index (χ4v) is 3.02. The molecule has 1 N–H and O–H groups in total. The molecule has 0 spiro atoms. The van der Waals surface area contributed by atoms with E-state index >= 15 is 0 Å². The molecule has 0 aliphatic rings. The number of hydrogen-bond donors (Lipinski definition) is 1. The minimum absolute atomic E-state index is 0.126. The maximum Gasteiger partial charge on any atom is 0.390 e. The van der Waals surface area contributed by atoms with Gasteiger partial charge in [0, 0.05) is 12.1 Å². The van der Waals surface area contributed by atoms with E-state index in [9.17, 15) is 9.90 Å². The summed E-state index contributed by atoms with van der Waals surface area (Å²) in [4.78, 5) is 12.7. The van der Waals surface area contributed by atoms with Gasteiger partial charge in [-0.15, -0.1) is 0 Å². The molecule has 4 aromatic rings. The average Bonchev–Trinajstić information content (AvgIpc) is 2.74. The van der Waals surface area contributed by atoms with Crippen molar-refractivity contribution in [2.75, 3.05) is 0 Å². The molecule has 4 heteroatoms. The molecule has 0 radical (unpaired) electrons. The number of para-hydroxylation sites is 1. The summed E-state index contributed by atoms with van der Waals surface area (Å²) in [6, 6.07) is 28.0. The molecule has 0 unspecified atom stereocenters. The van der Waals surface area contributed by atoms with Gasteiger partial charge in [-0.25, -0.2) is 4.79 Å². The Labute approximate surface area is 162 Å². The van der Waals surface area contributed by atoms with Gasteiger partial charge in [0.1, 0.15) is 0 Å². The summed E-state index contributed by atoms with van der Waals surface area (Å²) >= 11 is 0. The average molecular weight is 368 g/mol. The standard InChI is InChI=1S/C24H17NO3/c26-23-22(19-12-6-2-7-13-19)24(27)28-21(17-16-18-10-4-1-5-11-18)25(23)20-14-8-3-9-15-20/h1-17H/p+1/b17-16+. The molecule has 4 rings (SSSR count). The maximum absolute atomic E-state index is 12.7. The second-order valence-electron chi connectivity index (χ2n) is 6.21. The summed E-state index contributed by atoms with van der Waals surface area (Å²) in [6.07, 6.45) is 3.51. The molecular weight excluding hydrogens is 350 g/mol. The summed E-state index contributed by atoms with van der Waals surface area (Å²) in [5, 5.41) is 11.0. The molecule has 3 aromatic carbocycles. The number of rotatable bonds is 4. The number of benzene rings is 3. The molecule has 28 heavy (non-hydrogen) atoms. The Hall–Kier alpha value is -3.92. The van der Waals surface area contributed by atoms with E-state index in [0.717, 1.165) is 5.56 Å². The highest BCUT2D eigenvalue weighted by molar-refractivity contribution is 5.68. The lowest BCUT2D eigenvalue weighted by Gasteiger charge is -2.05. The van der Waals surface area contributed by atoms with Gasteiger partial charge in [0.2, 0.25) is 5.69 Å². The fourth-order valence-electron chi connectivity index (χ4n) is 3.02. The third-order valence-corrected chi connectivity index (χ3v) is 4.35. The van der Waals surface area contributed by atoms with Gasteiger partial charge in [-0.1, -0.05) is 83.4 Å². The lowest BCUT2D eigenvalue weighted by atomic mass is 10.1. The Balaban J connectivity index is 1.94. The lowest BCUT2D eigenvalue weighted by molar-refractivity contribution is -0.617. The van der Waals surface area contributed by atoms with Gasteiger partial charge in [0.25, 0.3) is 0 Å². The molecule has 136 valence electrons. The highest BCUT2D eigenvalue weighted by Gasteiger charge is 2.28. The van der Waals surface area contributed by atoms with E-state index in [2.05, 4.69) is 0 Å². The van der Waals surface area contributed by atoms with Crippen LogP contribution in [0.15, 0.2) is 100 Å². The van der Waals surface area contributed by atoms with Crippen molar-refractivity contribution in [2.24, 2.45) is 0 Å². The van der Waals surface area contributed by atoms with Gasteiger partial charge in [0.15, 0.2) is 5.56 Å². The first-order valence-electron chi connectivity index (χ1n) is 8.90. The van der Waals surface area contributed by atoms with Crippen LogP contribution in [0.25, 0.3) is 29.0 Å². The molecule has 0 aliphatic carbocycles. The quantitative estimate of drug-likeness (QED) is 0.541. The van der Waals surface area contributed by atoms with Gasteiger partial charge in [-0.2, -0.15) is 0 Å². The van der Waals surface area contributed by atoms with Crippen LogP contribution in [-0.4, -0.2) is 5.11 Å². The summed E-state index contributed by atoms with van der Waals surface area (Å²) in [7, 11) is 0. The SMILES string of the molecule is O=c1oc(/C=C/c2ccccc2)[n+](-c2ccccc2)c(O)c1-c1ccccc1. The van der Waals surface area contributed by atoms with Gasteiger partial charge < -0.3 is 9.52 Å². The summed E-state index contributed by atoms with van der Waals surface area (Å²) in [6.45, 7) is 0. The Kier molecular flexibility index (Phi) is 4.85. The van der Waals surface area contributed by atoms with E-state index < -0.39 is 5.63 Å². The summed E-state index contributed by atoms with van der Waals surface area (Å²) in [5.41, 5.74) is 1.77. The minimum Gasteiger partial charge on any atom is -0.459 e. The Morgan fingerprint density at radius 3 is 1.96 bits per heavy atom. The highest BCUT2D eigenvalue weighted by Crippen LogP contribution is 2.24. The zero-order valence-electron chi connectivity index (χ0n) is 15.0. The number of nitrogens with zero attached hydrogens (tertiary/aromatic N) is 1. The van der Waals surface area contributed by atoms with Crippen molar-refractivity contribution in [3.8, 4) is 22.7 Å². The first kappa shape index (κ1) is 17.5. The first-order chi connectivity index (χ1) is 13.7. The van der Waals surface area contributed by atoms with E-state index in [1.165, 1.54) is 4.57 Å². The molecule has 0 fully saturated rings. The van der Waals surface area contributed by atoms with Crippen LogP contribution < -0.4 is 10.2 Å². The summed E-state index contributed by atoms with van der Waals surface area (Å²) < 4.78 is 7.14. The van der Waals surface area contributed by atoms with Gasteiger partial charge in [0.05, 0.1) is 6.08 Å². The minimum atomic E-state index is -0.594. The van der Waals surface area contributed by atoms with E-state index in [4.69, 9.17) is 4.42 Å². The maximum atomic E-state index is 12.7. The molecule has 0 amide bonds. The predicted octanol–water partition coefficient (Wildman–Crippen LogP) is 4.46. The molecular formula is C24H18NO3+. The van der Waals surface area contributed by atoms with Crippen LogP contribution in [0.4, 0.5) is 0 Å². The zero-order chi connectivity index (χ0) is 19.3. The van der Waals surface area contributed by atoms with Gasteiger partial charge in [-0.3, -0.25) is 0 Å². The predicted molar refractivity (Wildman–Crippen MR) is 109 cm³/mol. The number of aromatic nitrogens is 1. The van der Waals surface area contributed by atoms with Crippen molar-refractivity contribution < 1.29 is 14.1 Å². The Morgan fingerprint density at radius 2 is 1.32 bits per heavy atom. The van der Waals surface area contributed by atoms with Gasteiger partial charge >= 0.3 is 17.4 Å². The van der Waals surface area contributed by atoms with Crippen molar-refractivity contribution >= 4 is 12.2 Å². The van der Waals surface area contributed by atoms with Crippen molar-refractivity contribution in [3.05, 3.63) is 113 Å². The van der Waals surface area contributed by atoms with Crippen LogP contribution in [0.2, 0.25) is 0 Å². The zero-order valence-corrected chi connectivity index (χ0v) is 15.0. The van der Waals surface area contributed by atoms with Crippen molar-refractivity contribution in [1.29, 1.82) is 0 Å². The molecule has 0 saturated carbocycles. The number of hydrogen-bond acceptors (Lipinski definition) is 3. The topological polar surface area (TPSA) is 54.3 Å². The Morgan fingerprint density at radius 1 is 0.750 bits per heavy atom. The van der Waals surface area contributed by atoms with Crippen LogP contribution in [0.5, 0.6) is 5.88 Å². The second-order valence-corrected chi connectivity index (χ2v) is 6.21. The molecule has 0 aliphatic heterocycles. The molecule has 1 aromatic heterocycles. The summed E-state index contributed by atoms with van der Waals surface area (Å²) in [5.74, 6) is 0.0681. The van der Waals surface area contributed by atoms with Crippen molar-refractivity contribution in [1.82, 2.24) is 0 Å². The fraction of sp³-hybridized carbons (Fsp3) is 0. The number of aromatic hydroxyl groups is 1. The first-order valence-corrected chi connectivity index (χ1v) is 8.90. The van der Waals surface area contributed by atoms with Crippen molar-refractivity contribution in [2.45, 2.75) is 0 Å². The van der Waals surface area contributed by atoms with Crippen LogP contribution in [0.3, 0.4) is 0 Å². The van der Waals surface area contributed by atoms with E-state index in [1.807, 2.05) is 84.9 Å². The van der Waals surface area contributed by atoms with Crippen LogP contribution >= 0.6 is 0 Å². The van der Waals surface area contributed by atoms with Crippen molar-refractivity contribution in [3.63, 3.8) is 0 Å². The van der Waals surface area contributed by atoms with E-state index in [-0.39, 0.29) is 17.3 Å². The molecule has 4 nitrogen and oxygen atoms in total. The third kappa shape index (κ3) is 3.48. The molecule has 0 bridgehead atoms. The van der Waals surface area contributed by atoms with E-state index in [0.29, 0.717) is 11.3 Å². The smallest absolute Gasteiger partial charge is 0.390 e. The normalized spacial score (nSPS) is 11.0. The monoisotopic (exact) mass is 368 g/mol. The highest BCUT2D eigenvalue weighted by atomic mass is 16.4. The largest absolute Gasteiger partial charge is 0.459 e. The molecule has 1 heterocycles. The van der Waals surface area contributed by atoms with E-state index in [1.54, 1.807) is 18.2 Å². The van der Waals surface area contributed by atoms with Gasteiger partial charge in [-0.05, 0) is 17.2 Å².